The number of hydrogen-bond donors (Lipinski definition) is 0. The molecule has 0 radical (unpaired) electrons. The zero-order valence-corrected chi connectivity index (χ0v) is 16.1. The standard InChI is InChI=1S/C18H24N2O5S/c1-23-14-8-12(9-15(24-2)16(14)25-3)17(21)20-11-26-10-13(20)18(22)19-6-4-5-7-19/h8-9,13H,4-7,10-11H2,1-3H3. The van der Waals surface area contributed by atoms with E-state index in [1.165, 1.54) is 21.3 Å². The summed E-state index contributed by atoms with van der Waals surface area (Å²) >= 11 is 1.60. The minimum absolute atomic E-state index is 0.0493. The molecule has 1 atom stereocenters. The van der Waals surface area contributed by atoms with Crippen molar-refractivity contribution < 1.29 is 23.8 Å². The Kier molecular flexibility index (Phi) is 5.80. The first kappa shape index (κ1) is 18.7. The predicted molar refractivity (Wildman–Crippen MR) is 99.2 cm³/mol. The Balaban J connectivity index is 1.86. The van der Waals surface area contributed by atoms with Crippen molar-refractivity contribution in [2.24, 2.45) is 0 Å². The van der Waals surface area contributed by atoms with Gasteiger partial charge in [0.05, 0.1) is 27.2 Å². The second-order valence-corrected chi connectivity index (χ2v) is 7.24. The fraction of sp³-hybridized carbons (Fsp3) is 0.556. The van der Waals surface area contributed by atoms with Crippen LogP contribution in [-0.4, -0.2) is 73.7 Å². The Morgan fingerprint density at radius 1 is 1.04 bits per heavy atom. The minimum Gasteiger partial charge on any atom is -0.493 e. The maximum absolute atomic E-state index is 13.1. The summed E-state index contributed by atoms with van der Waals surface area (Å²) in [6.07, 6.45) is 2.07. The normalized spacial score (nSPS) is 19.6. The van der Waals surface area contributed by atoms with Crippen molar-refractivity contribution in [1.29, 1.82) is 0 Å². The van der Waals surface area contributed by atoms with Crippen molar-refractivity contribution in [3.05, 3.63) is 17.7 Å². The molecule has 0 spiro atoms. The van der Waals surface area contributed by atoms with Crippen molar-refractivity contribution >= 4 is 23.6 Å². The smallest absolute Gasteiger partial charge is 0.255 e. The van der Waals surface area contributed by atoms with E-state index < -0.39 is 6.04 Å². The number of methoxy groups -OCH3 is 3. The molecule has 1 aromatic rings. The minimum atomic E-state index is -0.412. The number of rotatable bonds is 5. The van der Waals surface area contributed by atoms with Crippen molar-refractivity contribution in [3.63, 3.8) is 0 Å². The first-order chi connectivity index (χ1) is 12.6. The lowest BCUT2D eigenvalue weighted by Crippen LogP contribution is -2.48. The van der Waals surface area contributed by atoms with Crippen LogP contribution in [-0.2, 0) is 4.79 Å². The molecule has 1 unspecified atom stereocenters. The Morgan fingerprint density at radius 3 is 2.19 bits per heavy atom. The van der Waals surface area contributed by atoms with Gasteiger partial charge in [0.25, 0.3) is 5.91 Å². The Bertz CT molecular complexity index is 665. The van der Waals surface area contributed by atoms with Crippen LogP contribution in [0.25, 0.3) is 0 Å². The second-order valence-electron chi connectivity index (χ2n) is 6.24. The van der Waals surface area contributed by atoms with Gasteiger partial charge in [-0.05, 0) is 25.0 Å². The summed E-state index contributed by atoms with van der Waals surface area (Å²) in [5, 5.41) is 0. The second kappa shape index (κ2) is 8.07. The maximum Gasteiger partial charge on any atom is 0.255 e. The number of nitrogens with zero attached hydrogens (tertiary/aromatic N) is 2. The van der Waals surface area contributed by atoms with Gasteiger partial charge in [-0.25, -0.2) is 0 Å². The molecule has 2 saturated heterocycles. The number of hydrogen-bond acceptors (Lipinski definition) is 6. The van der Waals surface area contributed by atoms with Gasteiger partial charge in [-0.3, -0.25) is 9.59 Å². The first-order valence-electron chi connectivity index (χ1n) is 8.58. The fourth-order valence-corrected chi connectivity index (χ4v) is 4.51. The summed E-state index contributed by atoms with van der Waals surface area (Å²) in [6, 6.07) is 2.85. The zero-order chi connectivity index (χ0) is 18.7. The van der Waals surface area contributed by atoms with Crippen molar-refractivity contribution in [2.75, 3.05) is 46.0 Å². The Labute approximate surface area is 157 Å². The predicted octanol–water partition coefficient (Wildman–Crippen LogP) is 1.85. The molecular weight excluding hydrogens is 356 g/mol. The number of benzene rings is 1. The van der Waals surface area contributed by atoms with Gasteiger partial charge in [-0.1, -0.05) is 0 Å². The van der Waals surface area contributed by atoms with Gasteiger partial charge >= 0.3 is 0 Å². The van der Waals surface area contributed by atoms with Gasteiger partial charge in [-0.2, -0.15) is 0 Å². The van der Waals surface area contributed by atoms with Crippen LogP contribution < -0.4 is 14.2 Å². The molecule has 1 aromatic carbocycles. The molecule has 2 heterocycles. The van der Waals surface area contributed by atoms with E-state index in [1.54, 1.807) is 28.8 Å². The number of likely N-dealkylation sites (tertiary alicyclic amines) is 1. The third-order valence-electron chi connectivity index (χ3n) is 4.76. The fourth-order valence-electron chi connectivity index (χ4n) is 3.37. The third kappa shape index (κ3) is 3.42. The highest BCUT2D eigenvalue weighted by atomic mass is 32.2. The van der Waals surface area contributed by atoms with Crippen LogP contribution in [0.5, 0.6) is 17.2 Å². The third-order valence-corrected chi connectivity index (χ3v) is 5.77. The van der Waals surface area contributed by atoms with E-state index in [-0.39, 0.29) is 11.8 Å². The van der Waals surface area contributed by atoms with Crippen LogP contribution in [0, 0.1) is 0 Å². The molecule has 2 aliphatic heterocycles. The Hall–Kier alpha value is -2.09. The molecule has 0 N–H and O–H groups in total. The average Bonchev–Trinajstić information content (AvgIpc) is 3.37. The number of thioether (sulfide) groups is 1. The van der Waals surface area contributed by atoms with E-state index in [9.17, 15) is 9.59 Å². The lowest BCUT2D eigenvalue weighted by molar-refractivity contribution is -0.133. The van der Waals surface area contributed by atoms with Gasteiger partial charge in [0.2, 0.25) is 11.7 Å². The van der Waals surface area contributed by atoms with E-state index in [2.05, 4.69) is 0 Å². The summed E-state index contributed by atoms with van der Waals surface area (Å²) in [4.78, 5) is 29.4. The van der Waals surface area contributed by atoms with Gasteiger partial charge in [0, 0.05) is 24.4 Å². The van der Waals surface area contributed by atoms with Crippen LogP contribution in [0.1, 0.15) is 23.2 Å². The lowest BCUT2D eigenvalue weighted by atomic mass is 10.1. The monoisotopic (exact) mass is 380 g/mol. The summed E-state index contributed by atoms with van der Waals surface area (Å²) in [6.45, 7) is 1.57. The van der Waals surface area contributed by atoms with Crippen LogP contribution in [0.4, 0.5) is 0 Å². The molecule has 26 heavy (non-hydrogen) atoms. The maximum atomic E-state index is 13.1. The van der Waals surface area contributed by atoms with E-state index in [4.69, 9.17) is 14.2 Å². The van der Waals surface area contributed by atoms with E-state index in [0.29, 0.717) is 34.4 Å². The lowest BCUT2D eigenvalue weighted by Gasteiger charge is -2.27. The van der Waals surface area contributed by atoms with E-state index >= 15 is 0 Å². The molecule has 3 rings (SSSR count). The van der Waals surface area contributed by atoms with E-state index in [0.717, 1.165) is 25.9 Å². The van der Waals surface area contributed by atoms with Crippen LogP contribution in [0.2, 0.25) is 0 Å². The summed E-state index contributed by atoms with van der Waals surface area (Å²) < 4.78 is 16.0. The highest BCUT2D eigenvalue weighted by Crippen LogP contribution is 2.39. The number of amides is 2. The average molecular weight is 380 g/mol. The van der Waals surface area contributed by atoms with Crippen LogP contribution in [0.15, 0.2) is 12.1 Å². The van der Waals surface area contributed by atoms with Crippen LogP contribution >= 0.6 is 11.8 Å². The molecule has 0 bridgehead atoms. The SMILES string of the molecule is COc1cc(C(=O)N2CSCC2C(=O)N2CCCC2)cc(OC)c1OC. The van der Waals surface area contributed by atoms with Crippen molar-refractivity contribution in [1.82, 2.24) is 9.80 Å². The molecule has 2 fully saturated rings. The summed E-state index contributed by atoms with van der Waals surface area (Å²) in [5.41, 5.74) is 0.418. The Morgan fingerprint density at radius 2 is 1.65 bits per heavy atom. The van der Waals surface area contributed by atoms with Crippen molar-refractivity contribution in [2.45, 2.75) is 18.9 Å². The van der Waals surface area contributed by atoms with Crippen LogP contribution in [0.3, 0.4) is 0 Å². The first-order valence-corrected chi connectivity index (χ1v) is 9.73. The van der Waals surface area contributed by atoms with E-state index in [1.807, 2.05) is 4.90 Å². The molecule has 142 valence electrons. The number of carbonyl (C=O) groups excluding carboxylic acids is 2. The molecule has 2 amide bonds. The molecular formula is C18H24N2O5S. The molecule has 2 aliphatic rings. The summed E-state index contributed by atoms with van der Waals surface area (Å²) in [7, 11) is 4.54. The largest absolute Gasteiger partial charge is 0.493 e. The summed E-state index contributed by atoms with van der Waals surface area (Å²) in [5.74, 6) is 2.26. The number of ether oxygens (including phenoxy) is 3. The van der Waals surface area contributed by atoms with Gasteiger partial charge < -0.3 is 24.0 Å². The molecule has 0 aromatic heterocycles. The van der Waals surface area contributed by atoms with Gasteiger partial charge in [0.1, 0.15) is 6.04 Å². The molecule has 0 aliphatic carbocycles. The molecule has 7 nitrogen and oxygen atoms in total. The molecule has 8 heteroatoms. The van der Waals surface area contributed by atoms with Crippen molar-refractivity contribution in [3.8, 4) is 17.2 Å². The zero-order valence-electron chi connectivity index (χ0n) is 15.3. The van der Waals surface area contributed by atoms with Gasteiger partial charge in [0.15, 0.2) is 11.5 Å². The topological polar surface area (TPSA) is 68.3 Å². The number of carbonyl (C=O) groups is 2. The highest BCUT2D eigenvalue weighted by Gasteiger charge is 2.38. The quantitative estimate of drug-likeness (QED) is 0.777. The van der Waals surface area contributed by atoms with Gasteiger partial charge in [-0.15, -0.1) is 11.8 Å². The molecule has 0 saturated carbocycles. The highest BCUT2D eigenvalue weighted by molar-refractivity contribution is 7.99.